The normalized spacial score (nSPS) is 15.0. The van der Waals surface area contributed by atoms with Crippen molar-refractivity contribution in [2.45, 2.75) is 75.8 Å². The number of hydrogen-bond acceptors (Lipinski definition) is 22. The van der Waals surface area contributed by atoms with Crippen molar-refractivity contribution in [2.75, 3.05) is 84.0 Å². The first-order valence-electron chi connectivity index (χ1n) is 34.8. The van der Waals surface area contributed by atoms with Crippen molar-refractivity contribution in [2.24, 2.45) is 4.99 Å². The van der Waals surface area contributed by atoms with Crippen molar-refractivity contribution in [3.05, 3.63) is 220 Å². The molecule has 109 heavy (non-hydrogen) atoms. The molecule has 4 aliphatic rings. The zero-order chi connectivity index (χ0) is 78.1. The molecule has 4 aromatic heterocycles. The molecule has 3 aliphatic heterocycles. The number of thiocarbonyl (C=S) groups is 2. The summed E-state index contributed by atoms with van der Waals surface area (Å²) in [5, 5.41) is 67.2. The molecule has 572 valence electrons. The van der Waals surface area contributed by atoms with E-state index in [0.717, 1.165) is 75.7 Å². The van der Waals surface area contributed by atoms with E-state index in [9.17, 15) is 83.2 Å². The molecule has 0 saturated carbocycles. The van der Waals surface area contributed by atoms with E-state index >= 15 is 0 Å². The van der Waals surface area contributed by atoms with Gasteiger partial charge in [0.05, 0.1) is 29.6 Å². The average molecular weight is 1530 g/mol. The molecular weight excluding hydrogens is 1460 g/mol. The summed E-state index contributed by atoms with van der Waals surface area (Å²) in [7, 11) is 0. The lowest BCUT2D eigenvalue weighted by Crippen LogP contribution is -2.51. The standard InChI is InChI=1S/C73H79N15O19S2/c89-60-21-6-8-40-84(71(100)59-19-10-23-62(91)86(59)103)55(20-11-38-83(70(99)58-18-9-22-61(90)85(58)102)39-12-33-74-63(92)52-29-31-57(88(105)69(52)98)67(96)76-35-34-75-66(95)56-30-28-51(60)68(97)87(56)104)65(94)78-37-42-106-41-36-77-64(93)54(82-72(109)81-46-26-24-45(25-27-46)80-44-108)17-5-7-32-79-73(101)107-43-53-49-15-3-1-13-47(49)48-14-2-4-16-50(48)53/h1-4,9-10,13-16,18-19,22-31,53-55,102-105H,5-8,11-12,17,20-21,32-43H2,(H,74,92)(H,75,95)(H,76,96)(H,77,93)(H,78,94)(H,79,101)(H2,81,82,109). The predicted octanol–water partition coefficient (Wildman–Crippen LogP) is 3.41. The van der Waals surface area contributed by atoms with Crippen molar-refractivity contribution >= 4 is 99.3 Å². The lowest BCUT2D eigenvalue weighted by Gasteiger charge is -2.32. The molecule has 8 amide bonds. The van der Waals surface area contributed by atoms with Crippen LogP contribution in [-0.4, -0.2) is 204 Å². The molecule has 3 aromatic carbocycles. The van der Waals surface area contributed by atoms with Crippen LogP contribution in [0.5, 0.6) is 0 Å². The second-order valence-corrected chi connectivity index (χ2v) is 25.5. The van der Waals surface area contributed by atoms with Crippen LogP contribution in [0.1, 0.15) is 138 Å². The molecular formula is C73H79N15O19S2. The summed E-state index contributed by atoms with van der Waals surface area (Å²) in [5.41, 5.74) is -2.59. The van der Waals surface area contributed by atoms with Crippen molar-refractivity contribution in [3.8, 4) is 11.1 Å². The van der Waals surface area contributed by atoms with Crippen LogP contribution in [0.3, 0.4) is 0 Å². The Morgan fingerprint density at radius 3 is 1.78 bits per heavy atom. The Morgan fingerprint density at radius 2 is 1.15 bits per heavy atom. The number of alkyl carbamates (subject to hydrolysis) is 1. The molecule has 0 radical (unpaired) electrons. The number of aromatic nitrogens is 4. The van der Waals surface area contributed by atoms with Crippen LogP contribution in [0.25, 0.3) is 11.1 Å². The van der Waals surface area contributed by atoms with Gasteiger partial charge in [0, 0.05) is 89.1 Å². The lowest BCUT2D eigenvalue weighted by molar-refractivity contribution is -0.126. The number of fused-ring (bicyclic) bond motifs is 5. The van der Waals surface area contributed by atoms with Crippen molar-refractivity contribution in [1.82, 2.24) is 65.9 Å². The van der Waals surface area contributed by atoms with Gasteiger partial charge in [0.1, 0.15) is 47.0 Å². The van der Waals surface area contributed by atoms with Crippen molar-refractivity contribution < 1.29 is 73.5 Å². The van der Waals surface area contributed by atoms with E-state index in [-0.39, 0.29) is 147 Å². The number of pyridine rings is 4. The maximum Gasteiger partial charge on any atom is 0.407 e. The number of ether oxygens (including phenoxy) is 2. The lowest BCUT2D eigenvalue weighted by atomic mass is 9.98. The Hall–Kier alpha value is -12.7. The van der Waals surface area contributed by atoms with E-state index in [0.29, 0.717) is 24.2 Å². The predicted molar refractivity (Wildman–Crippen MR) is 399 cm³/mol. The van der Waals surface area contributed by atoms with Crippen LogP contribution in [0.4, 0.5) is 16.2 Å². The fourth-order valence-corrected chi connectivity index (χ4v) is 12.6. The first kappa shape index (κ1) is 80.4. The van der Waals surface area contributed by atoms with Gasteiger partial charge in [0.15, 0.2) is 10.9 Å². The number of ketones is 1. The SMILES string of the molecule is O=C(NCCCCC(NC(=S)Nc1ccc(N=C=S)cc1)C(=O)NCCOCCNC(=O)C1CCCN(C(=O)c2cccc(=O)n2O)CCCNC(=O)c2ccc(n(O)c2=O)C(=O)NCCNC(=O)c2ccc(c(=O)n2O)C(=O)CCCCN1C(=O)c1cccc(=O)n1O)OCC1c2ccccc2-c2ccccc21. The third kappa shape index (κ3) is 21.1. The fraction of sp³-hybridized carbons (Fsp3) is 0.329. The highest BCUT2D eigenvalue weighted by atomic mass is 32.1. The maximum atomic E-state index is 14.8. The molecule has 4 bridgehead atoms. The van der Waals surface area contributed by atoms with Crippen LogP contribution < -0.4 is 64.8 Å². The van der Waals surface area contributed by atoms with Crippen molar-refractivity contribution in [1.29, 1.82) is 0 Å². The number of hydrogen-bond donors (Lipinski definition) is 12. The number of amides is 8. The van der Waals surface area contributed by atoms with Gasteiger partial charge in [0.25, 0.3) is 51.8 Å². The van der Waals surface area contributed by atoms with E-state index in [2.05, 4.69) is 52.7 Å². The number of isothiocyanates is 1. The average Bonchev–Trinajstić information content (AvgIpc) is 1.62. The molecule has 2 unspecified atom stereocenters. The smallest absolute Gasteiger partial charge is 0.407 e. The fourth-order valence-electron chi connectivity index (χ4n) is 12.2. The van der Waals surface area contributed by atoms with Crippen LogP contribution in [0.2, 0.25) is 0 Å². The number of Topliss-reactive ketones (excluding diaryl/α,β-unsaturated/α-hetero) is 1. The van der Waals surface area contributed by atoms with Gasteiger partial charge >= 0.3 is 6.09 Å². The van der Waals surface area contributed by atoms with Gasteiger partial charge in [-0.05, 0) is 159 Å². The molecule has 12 N–H and O–H groups in total. The highest BCUT2D eigenvalue weighted by Gasteiger charge is 2.34. The summed E-state index contributed by atoms with van der Waals surface area (Å²) in [6.45, 7) is -1.99. The van der Waals surface area contributed by atoms with Gasteiger partial charge in [-0.3, -0.25) is 57.5 Å². The number of unbranched alkanes of at least 4 members (excludes halogenated alkanes) is 1. The van der Waals surface area contributed by atoms with Crippen LogP contribution in [0.15, 0.2) is 158 Å². The van der Waals surface area contributed by atoms with E-state index in [4.69, 9.17) is 33.9 Å². The Morgan fingerprint density at radius 1 is 0.569 bits per heavy atom. The summed E-state index contributed by atoms with van der Waals surface area (Å²) >= 11 is 10.3. The first-order chi connectivity index (χ1) is 52.6. The first-order valence-corrected chi connectivity index (χ1v) is 35.6. The van der Waals surface area contributed by atoms with Gasteiger partial charge in [-0.1, -0.05) is 60.7 Å². The molecule has 1 aliphatic carbocycles. The summed E-state index contributed by atoms with van der Waals surface area (Å²) in [6.07, 6.45) is -0.598. The monoisotopic (exact) mass is 1530 g/mol. The summed E-state index contributed by atoms with van der Waals surface area (Å²) in [5.74, 6) is -7.26. The summed E-state index contributed by atoms with van der Waals surface area (Å²) < 4.78 is 11.6. The number of nitrogens with zero attached hydrogens (tertiary/aromatic N) is 7. The molecule has 2 atom stereocenters. The molecule has 0 fully saturated rings. The number of carbonyl (C=O) groups is 9. The molecule has 34 nitrogen and oxygen atoms in total. The molecule has 11 rings (SSSR count). The molecule has 7 heterocycles. The van der Waals surface area contributed by atoms with Gasteiger partial charge in [-0.25, -0.2) is 4.79 Å². The maximum absolute atomic E-state index is 14.8. The van der Waals surface area contributed by atoms with Crippen LogP contribution in [-0.2, 0) is 19.1 Å². The minimum absolute atomic E-state index is 0.0426. The third-order valence-corrected chi connectivity index (χ3v) is 18.1. The Kier molecular flexibility index (Phi) is 28.8. The third-order valence-electron chi connectivity index (χ3n) is 17.7. The van der Waals surface area contributed by atoms with E-state index < -0.39 is 128 Å². The summed E-state index contributed by atoms with van der Waals surface area (Å²) in [4.78, 5) is 182. The topological polar surface area (TPSA) is 456 Å². The molecule has 0 saturated heterocycles. The number of rotatable bonds is 20. The summed E-state index contributed by atoms with van der Waals surface area (Å²) in [6, 6.07) is 30.9. The Labute approximate surface area is 631 Å². The number of aliphatic imine (C=N–C) groups is 1. The molecule has 7 aromatic rings. The van der Waals surface area contributed by atoms with E-state index in [1.807, 2.05) is 48.5 Å². The minimum Gasteiger partial charge on any atom is -0.449 e. The van der Waals surface area contributed by atoms with Crippen molar-refractivity contribution in [3.63, 3.8) is 0 Å². The number of anilines is 1. The quantitative estimate of drug-likeness (QED) is 0.0225. The second kappa shape index (κ2) is 39.1. The number of nitrogens with one attached hydrogen (secondary N) is 8. The molecule has 0 spiro atoms. The molecule has 36 heteroatoms. The second-order valence-electron chi connectivity index (χ2n) is 24.9. The van der Waals surface area contributed by atoms with E-state index in [1.165, 1.54) is 17.0 Å². The zero-order valence-electron chi connectivity index (χ0n) is 58.6. The minimum atomic E-state index is -1.55. The highest BCUT2D eigenvalue weighted by Crippen LogP contribution is 2.44. The van der Waals surface area contributed by atoms with Crippen LogP contribution in [0, 0.1) is 0 Å². The number of benzene rings is 3. The Bertz CT molecular complexity index is 4820. The van der Waals surface area contributed by atoms with Crippen LogP contribution >= 0.6 is 24.4 Å². The Balaban J connectivity index is 0.879. The zero-order valence-corrected chi connectivity index (χ0v) is 60.3. The van der Waals surface area contributed by atoms with Gasteiger partial charge < -0.3 is 82.6 Å². The highest BCUT2D eigenvalue weighted by molar-refractivity contribution is 7.80. The largest absolute Gasteiger partial charge is 0.449 e. The van der Waals surface area contributed by atoms with Gasteiger partial charge in [-0.2, -0.15) is 4.99 Å². The number of carbonyl (C=O) groups excluding carboxylic acids is 9. The van der Waals surface area contributed by atoms with E-state index in [1.54, 1.807) is 24.3 Å². The van der Waals surface area contributed by atoms with Gasteiger partial charge in [-0.15, -0.1) is 18.9 Å². The van der Waals surface area contributed by atoms with Gasteiger partial charge in [0.2, 0.25) is 11.8 Å².